The van der Waals surface area contributed by atoms with Crippen molar-refractivity contribution < 1.29 is 21.8 Å². The number of hydrazine groups is 1. The van der Waals surface area contributed by atoms with Crippen LogP contribution in [0.3, 0.4) is 0 Å². The van der Waals surface area contributed by atoms with Crippen molar-refractivity contribution in [3.05, 3.63) is 113 Å². The lowest BCUT2D eigenvalue weighted by atomic mass is 10.00. The first-order valence-electron chi connectivity index (χ1n) is 11.9. The van der Waals surface area contributed by atoms with Crippen LogP contribution in [-0.4, -0.2) is 28.8 Å². The summed E-state index contributed by atoms with van der Waals surface area (Å²) in [5.41, 5.74) is 11.4. The maximum atomic E-state index is 13.3. The Morgan fingerprint density at radius 2 is 1.59 bits per heavy atom. The third kappa shape index (κ3) is 11.8. The van der Waals surface area contributed by atoms with Crippen LogP contribution in [0, 0.1) is 12.3 Å². The van der Waals surface area contributed by atoms with Crippen molar-refractivity contribution in [3.8, 4) is 0 Å². The molecule has 0 amide bonds. The van der Waals surface area contributed by atoms with Gasteiger partial charge in [0.25, 0.3) is 5.92 Å². The quantitative estimate of drug-likeness (QED) is 0.115. The van der Waals surface area contributed by atoms with Crippen molar-refractivity contribution in [2.75, 3.05) is 12.0 Å². The minimum absolute atomic E-state index is 0. The van der Waals surface area contributed by atoms with Crippen LogP contribution in [0.2, 0.25) is 0 Å². The Morgan fingerprint density at radius 1 is 1.00 bits per heavy atom. The predicted octanol–water partition coefficient (Wildman–Crippen LogP) is 7.04. The maximum Gasteiger partial charge on any atom is 0.270 e. The zero-order chi connectivity index (χ0) is 27.3. The lowest BCUT2D eigenvalue weighted by Crippen LogP contribution is -2.27. The molecule has 0 saturated heterocycles. The predicted molar refractivity (Wildman–Crippen MR) is 153 cm³/mol. The van der Waals surface area contributed by atoms with E-state index in [9.17, 15) is 8.78 Å². The van der Waals surface area contributed by atoms with E-state index in [0.29, 0.717) is 17.8 Å². The van der Waals surface area contributed by atoms with E-state index in [0.717, 1.165) is 23.6 Å². The molecule has 0 heterocycles. The lowest BCUT2D eigenvalue weighted by Gasteiger charge is -2.13. The lowest BCUT2D eigenvalue weighted by molar-refractivity contribution is -0.0228. The molecule has 200 valence electrons. The minimum atomic E-state index is -2.86. The number of aliphatic hydroxyl groups excluding tert-OH is 1. The number of alkyl halides is 2. The van der Waals surface area contributed by atoms with E-state index in [4.69, 9.17) is 15.6 Å². The Hall–Kier alpha value is -3.65. The molecule has 0 saturated carbocycles. The number of hydrogen-bond acceptors (Lipinski definition) is 5. The number of rotatable bonds is 10. The molecule has 7 heteroatoms. The van der Waals surface area contributed by atoms with Crippen LogP contribution in [-0.2, 0) is 5.92 Å². The van der Waals surface area contributed by atoms with Crippen molar-refractivity contribution in [3.63, 3.8) is 0 Å². The molecular weight excluding hydrogens is 472 g/mol. The zero-order valence-corrected chi connectivity index (χ0v) is 21.4. The van der Waals surface area contributed by atoms with E-state index in [2.05, 4.69) is 54.2 Å². The Kier molecular flexibility index (Phi) is 11.8. The van der Waals surface area contributed by atoms with Gasteiger partial charge >= 0.3 is 0 Å². The first-order chi connectivity index (χ1) is 17.5. The number of aliphatic hydroxyl groups is 2. The van der Waals surface area contributed by atoms with Crippen LogP contribution in [0.25, 0.3) is 11.6 Å². The Labute approximate surface area is 220 Å². The summed E-state index contributed by atoms with van der Waals surface area (Å²) in [6.45, 7) is 4.50. The van der Waals surface area contributed by atoms with E-state index in [1.54, 1.807) is 12.1 Å². The summed E-state index contributed by atoms with van der Waals surface area (Å²) in [5.74, 6) is -2.86. The van der Waals surface area contributed by atoms with E-state index >= 15 is 0 Å². The highest BCUT2D eigenvalue weighted by Crippen LogP contribution is 2.27. The molecule has 0 spiro atoms. The van der Waals surface area contributed by atoms with E-state index in [1.807, 2.05) is 36.4 Å². The molecule has 0 fully saturated rings. The van der Waals surface area contributed by atoms with Crippen LogP contribution in [0.4, 0.5) is 14.5 Å². The van der Waals surface area contributed by atoms with Crippen LogP contribution in [0.15, 0.2) is 91.0 Å². The highest BCUT2D eigenvalue weighted by molar-refractivity contribution is 6.00. The average molecular weight is 512 g/mol. The van der Waals surface area contributed by atoms with Gasteiger partial charge < -0.3 is 21.0 Å². The van der Waals surface area contributed by atoms with Gasteiger partial charge in [-0.05, 0) is 55.2 Å². The molecule has 0 aliphatic carbocycles. The van der Waals surface area contributed by atoms with Gasteiger partial charge in [-0.25, -0.2) is 14.2 Å². The fraction of sp³-hybridized carbons (Fsp3) is 0.233. The number of nitrogens with one attached hydrogen (secondary N) is 3. The molecule has 3 rings (SSSR count). The summed E-state index contributed by atoms with van der Waals surface area (Å²) in [5, 5.41) is 23.6. The zero-order valence-electron chi connectivity index (χ0n) is 21.4. The molecule has 0 aliphatic heterocycles. The second-order valence-electron chi connectivity index (χ2n) is 8.65. The van der Waals surface area contributed by atoms with Crippen LogP contribution < -0.4 is 10.9 Å². The third-order valence-electron chi connectivity index (χ3n) is 5.12. The largest absolute Gasteiger partial charge is 0.368 e. The van der Waals surface area contributed by atoms with Crippen LogP contribution in [0.1, 0.15) is 45.4 Å². The Balaban J connectivity index is 0.00000225. The highest BCUT2D eigenvalue weighted by atomic mass is 19.3. The maximum absolute atomic E-state index is 13.3. The smallest absolute Gasteiger partial charge is 0.270 e. The van der Waals surface area contributed by atoms with Gasteiger partial charge in [0.05, 0.1) is 6.54 Å². The number of hydrogen-bond donors (Lipinski definition) is 5. The summed E-state index contributed by atoms with van der Waals surface area (Å²) in [6, 6.07) is 24.3. The average Bonchev–Trinajstić information content (AvgIpc) is 2.84. The Bertz CT molecular complexity index is 1160. The van der Waals surface area contributed by atoms with Crippen molar-refractivity contribution in [1.82, 2.24) is 5.43 Å². The number of anilines is 1. The van der Waals surface area contributed by atoms with E-state index in [-0.39, 0.29) is 15.0 Å². The first kappa shape index (κ1) is 29.6. The van der Waals surface area contributed by atoms with Crippen molar-refractivity contribution in [1.29, 1.82) is 5.41 Å². The number of aryl methyl sites for hydroxylation is 1. The van der Waals surface area contributed by atoms with Gasteiger partial charge in [0.15, 0.2) is 0 Å². The molecule has 5 N–H and O–H groups in total. The summed E-state index contributed by atoms with van der Waals surface area (Å²) in [6.07, 6.45) is 5.58. The highest BCUT2D eigenvalue weighted by Gasteiger charge is 2.23. The van der Waals surface area contributed by atoms with Gasteiger partial charge in [0, 0.05) is 26.7 Å². The first-order valence-corrected chi connectivity index (χ1v) is 11.9. The second kappa shape index (κ2) is 14.8. The monoisotopic (exact) mass is 511 g/mol. The summed E-state index contributed by atoms with van der Waals surface area (Å²) < 4.78 is 26.7. The van der Waals surface area contributed by atoms with Gasteiger partial charge in [0.1, 0.15) is 6.29 Å². The molecule has 3 aromatic rings. The topological polar surface area (TPSA) is 88.4 Å². The molecule has 0 bridgehead atoms. The number of benzene rings is 3. The van der Waals surface area contributed by atoms with E-state index < -0.39 is 12.2 Å². The molecule has 0 atom stereocenters. The minimum Gasteiger partial charge on any atom is -0.368 e. The van der Waals surface area contributed by atoms with Crippen molar-refractivity contribution in [2.45, 2.75) is 39.4 Å². The van der Waals surface area contributed by atoms with Gasteiger partial charge in [-0.2, -0.15) is 0 Å². The number of allylic oxidation sites excluding steroid dienone is 2. The SMILES string of the molecule is CC(O)O.Cc1ccc(/C=C/C/C(=C\C(=N)CNNc2ccc(C(C)(F)F)cc2)c2ccccc2)cc1.[HH].[HH]. The van der Waals surface area contributed by atoms with Gasteiger partial charge in [-0.1, -0.05) is 84.4 Å². The Morgan fingerprint density at radius 3 is 2.16 bits per heavy atom. The molecule has 3 aromatic carbocycles. The summed E-state index contributed by atoms with van der Waals surface area (Å²) in [4.78, 5) is 0. The molecule has 5 nitrogen and oxygen atoms in total. The summed E-state index contributed by atoms with van der Waals surface area (Å²) >= 11 is 0. The fourth-order valence-corrected chi connectivity index (χ4v) is 3.26. The molecule has 0 aromatic heterocycles. The molecule has 0 unspecified atom stereocenters. The molecule has 37 heavy (non-hydrogen) atoms. The standard InChI is InChI=1S/C28H29F2N3.C2H6O2.2H2/c1-21-11-13-22(14-12-21)7-6-10-24(23-8-4-3-5-9-23)19-26(31)20-32-33-27-17-15-25(16-18-27)28(2,29)30;1-2(3)4;;/h3-9,11-19,31-33H,10,20H2,1-2H3;2-4H,1H3;2*1H/b7-6+,24-19+,31-26?;;;. The summed E-state index contributed by atoms with van der Waals surface area (Å²) in [7, 11) is 0. The fourth-order valence-electron chi connectivity index (χ4n) is 3.26. The van der Waals surface area contributed by atoms with Gasteiger partial charge in [0.2, 0.25) is 0 Å². The molecule has 0 aliphatic rings. The van der Waals surface area contributed by atoms with E-state index in [1.165, 1.54) is 24.6 Å². The van der Waals surface area contributed by atoms with Crippen LogP contribution >= 0.6 is 0 Å². The van der Waals surface area contributed by atoms with Crippen molar-refractivity contribution in [2.24, 2.45) is 0 Å². The third-order valence-corrected chi connectivity index (χ3v) is 5.12. The number of halogens is 2. The van der Waals surface area contributed by atoms with Crippen LogP contribution in [0.5, 0.6) is 0 Å². The van der Waals surface area contributed by atoms with Gasteiger partial charge in [-0.3, -0.25) is 0 Å². The van der Waals surface area contributed by atoms with Gasteiger partial charge in [-0.15, -0.1) is 0 Å². The second-order valence-corrected chi connectivity index (χ2v) is 8.65. The molecule has 0 radical (unpaired) electrons. The normalized spacial score (nSPS) is 11.8. The molecular formula is C30H39F2N3O2. The van der Waals surface area contributed by atoms with Crippen molar-refractivity contribution >= 4 is 23.0 Å².